The summed E-state index contributed by atoms with van der Waals surface area (Å²) in [7, 11) is 1.28. The van der Waals surface area contributed by atoms with Crippen molar-refractivity contribution in [3.8, 4) is 0 Å². The molecule has 2 N–H and O–H groups in total. The fourth-order valence-corrected chi connectivity index (χ4v) is 2.80. The average Bonchev–Trinajstić information content (AvgIpc) is 2.87. The van der Waals surface area contributed by atoms with Gasteiger partial charge in [0.05, 0.1) is 7.11 Å². The van der Waals surface area contributed by atoms with Crippen LogP contribution in [0, 0.1) is 6.92 Å². The van der Waals surface area contributed by atoms with Crippen LogP contribution in [0.1, 0.15) is 20.9 Å². The topological polar surface area (TPSA) is 88.5 Å². The molecule has 0 fully saturated rings. The van der Waals surface area contributed by atoms with Crippen LogP contribution in [0.25, 0.3) is 0 Å². The highest BCUT2D eigenvalue weighted by Crippen LogP contribution is 2.23. The number of carboxylic acids is 1. The van der Waals surface area contributed by atoms with Gasteiger partial charge in [-0.2, -0.15) is 0 Å². The van der Waals surface area contributed by atoms with Crippen LogP contribution in [-0.2, 0) is 16.0 Å². The lowest BCUT2D eigenvalue weighted by Crippen LogP contribution is -2.31. The third-order valence-electron chi connectivity index (χ3n) is 3.05. The summed E-state index contributed by atoms with van der Waals surface area (Å²) in [6.07, 6.45) is 0.322. The number of anilines is 1. The number of hydrogen-bond donors (Lipinski definition) is 2. The zero-order valence-electron chi connectivity index (χ0n) is 12.2. The second-order valence-electron chi connectivity index (χ2n) is 4.64. The smallest absolute Gasteiger partial charge is 0.357 e. The molecule has 1 heterocycles. The molecule has 116 valence electrons. The summed E-state index contributed by atoms with van der Waals surface area (Å²) in [5.74, 6) is -1.51. The third-order valence-corrected chi connectivity index (χ3v) is 3.96. The monoisotopic (exact) mass is 320 g/mol. The van der Waals surface area contributed by atoms with Gasteiger partial charge < -0.3 is 15.2 Å². The van der Waals surface area contributed by atoms with Gasteiger partial charge in [0.25, 0.3) is 0 Å². The van der Waals surface area contributed by atoms with E-state index >= 15 is 0 Å². The fraction of sp³-hybridized carbons (Fsp3) is 0.267. The van der Waals surface area contributed by atoms with Gasteiger partial charge in [0, 0.05) is 11.3 Å². The van der Waals surface area contributed by atoms with Crippen molar-refractivity contribution < 1.29 is 19.4 Å². The number of esters is 1. The number of hydrogen-bond acceptors (Lipinski definition) is 6. The second kappa shape index (κ2) is 7.04. The van der Waals surface area contributed by atoms with Gasteiger partial charge in [-0.05, 0) is 12.5 Å². The van der Waals surface area contributed by atoms with Crippen LogP contribution in [0.15, 0.2) is 30.3 Å². The van der Waals surface area contributed by atoms with Gasteiger partial charge in [-0.3, -0.25) is 0 Å². The summed E-state index contributed by atoms with van der Waals surface area (Å²) in [6.45, 7) is 1.74. The highest BCUT2D eigenvalue weighted by molar-refractivity contribution is 7.15. The lowest BCUT2D eigenvalue weighted by Gasteiger charge is -2.13. The molecule has 0 saturated carbocycles. The van der Waals surface area contributed by atoms with Gasteiger partial charge >= 0.3 is 11.9 Å². The summed E-state index contributed by atoms with van der Waals surface area (Å²) < 4.78 is 4.64. The number of ether oxygens (including phenoxy) is 1. The van der Waals surface area contributed by atoms with E-state index in [0.717, 1.165) is 5.56 Å². The first-order valence-corrected chi connectivity index (χ1v) is 7.42. The van der Waals surface area contributed by atoms with E-state index in [2.05, 4.69) is 15.0 Å². The Morgan fingerprint density at radius 3 is 2.64 bits per heavy atom. The fourth-order valence-electron chi connectivity index (χ4n) is 1.94. The molecule has 0 spiro atoms. The van der Waals surface area contributed by atoms with Gasteiger partial charge in [0.1, 0.15) is 6.04 Å². The average molecular weight is 320 g/mol. The number of rotatable bonds is 6. The number of aryl methyl sites for hydroxylation is 1. The zero-order valence-corrected chi connectivity index (χ0v) is 13.0. The summed E-state index contributed by atoms with van der Waals surface area (Å²) >= 11 is 1.23. The Balaban J connectivity index is 2.15. The Bertz CT molecular complexity index is 669. The van der Waals surface area contributed by atoms with Crippen molar-refractivity contribution in [3.63, 3.8) is 0 Å². The molecule has 0 bridgehead atoms. The largest absolute Gasteiger partial charge is 0.480 e. The molecule has 1 aromatic carbocycles. The van der Waals surface area contributed by atoms with Gasteiger partial charge in [0.15, 0.2) is 10.8 Å². The van der Waals surface area contributed by atoms with Crippen LogP contribution in [-0.4, -0.2) is 35.2 Å². The van der Waals surface area contributed by atoms with E-state index in [1.807, 2.05) is 30.3 Å². The van der Waals surface area contributed by atoms with Crippen LogP contribution in [0.3, 0.4) is 0 Å². The van der Waals surface area contributed by atoms with Gasteiger partial charge in [-0.25, -0.2) is 14.6 Å². The molecule has 0 aliphatic rings. The molecular weight excluding hydrogens is 304 g/mol. The first-order valence-electron chi connectivity index (χ1n) is 6.60. The molecule has 0 aliphatic carbocycles. The normalized spacial score (nSPS) is 11.7. The first kappa shape index (κ1) is 16.0. The molecule has 0 unspecified atom stereocenters. The highest BCUT2D eigenvalue weighted by atomic mass is 32.1. The molecule has 1 aromatic heterocycles. The number of aromatic nitrogens is 1. The first-order chi connectivity index (χ1) is 10.5. The van der Waals surface area contributed by atoms with Crippen molar-refractivity contribution in [3.05, 3.63) is 46.5 Å². The van der Waals surface area contributed by atoms with Crippen LogP contribution in [0.4, 0.5) is 5.13 Å². The minimum absolute atomic E-state index is 0.207. The van der Waals surface area contributed by atoms with Gasteiger partial charge in [-0.15, -0.1) is 11.3 Å². The summed E-state index contributed by atoms with van der Waals surface area (Å²) in [6, 6.07) is 8.50. The lowest BCUT2D eigenvalue weighted by atomic mass is 10.1. The molecule has 0 aliphatic heterocycles. The molecule has 22 heavy (non-hydrogen) atoms. The molecule has 0 amide bonds. The van der Waals surface area contributed by atoms with Crippen molar-refractivity contribution in [1.82, 2.24) is 4.98 Å². The third kappa shape index (κ3) is 3.82. The Labute approximate surface area is 131 Å². The van der Waals surface area contributed by atoms with Crippen LogP contribution >= 0.6 is 11.3 Å². The van der Waals surface area contributed by atoms with E-state index in [4.69, 9.17) is 0 Å². The molecule has 2 rings (SSSR count). The van der Waals surface area contributed by atoms with Crippen molar-refractivity contribution in [1.29, 1.82) is 0 Å². The number of benzene rings is 1. The van der Waals surface area contributed by atoms with E-state index in [-0.39, 0.29) is 5.69 Å². The van der Waals surface area contributed by atoms with Crippen molar-refractivity contribution >= 4 is 28.4 Å². The number of nitrogens with one attached hydrogen (secondary N) is 1. The predicted molar refractivity (Wildman–Crippen MR) is 83.4 cm³/mol. The SMILES string of the molecule is COC(=O)c1nc(N[C@@H](Cc2ccccc2)C(=O)O)sc1C. The van der Waals surface area contributed by atoms with Crippen molar-refractivity contribution in [2.24, 2.45) is 0 Å². The summed E-state index contributed by atoms with van der Waals surface area (Å²) in [5, 5.41) is 12.6. The Kier molecular flexibility index (Phi) is 5.11. The molecule has 2 aromatic rings. The van der Waals surface area contributed by atoms with Crippen molar-refractivity contribution in [2.45, 2.75) is 19.4 Å². The molecule has 7 heteroatoms. The molecular formula is C15H16N2O4S. The second-order valence-corrected chi connectivity index (χ2v) is 5.84. The van der Waals surface area contributed by atoms with E-state index < -0.39 is 18.0 Å². The number of nitrogens with zero attached hydrogens (tertiary/aromatic N) is 1. The maximum absolute atomic E-state index is 11.5. The van der Waals surface area contributed by atoms with Gasteiger partial charge in [0.2, 0.25) is 0 Å². The quantitative estimate of drug-likeness (QED) is 0.794. The Morgan fingerprint density at radius 1 is 1.36 bits per heavy atom. The number of thiazole rings is 1. The van der Waals surface area contributed by atoms with Crippen LogP contribution < -0.4 is 5.32 Å². The van der Waals surface area contributed by atoms with E-state index in [9.17, 15) is 14.7 Å². The lowest BCUT2D eigenvalue weighted by molar-refractivity contribution is -0.137. The maximum Gasteiger partial charge on any atom is 0.357 e. The zero-order chi connectivity index (χ0) is 16.1. The molecule has 0 saturated heterocycles. The molecule has 0 radical (unpaired) electrons. The van der Waals surface area contributed by atoms with Crippen LogP contribution in [0.5, 0.6) is 0 Å². The standard InChI is InChI=1S/C15H16N2O4S/c1-9-12(14(20)21-2)17-15(22-9)16-11(13(18)19)8-10-6-4-3-5-7-10/h3-7,11H,8H2,1-2H3,(H,16,17)(H,18,19)/t11-/m0/s1. The number of carbonyl (C=O) groups excluding carboxylic acids is 1. The number of carboxylic acid groups (broad SMARTS) is 1. The summed E-state index contributed by atoms with van der Waals surface area (Å²) in [4.78, 5) is 27.7. The van der Waals surface area contributed by atoms with E-state index in [1.54, 1.807) is 6.92 Å². The highest BCUT2D eigenvalue weighted by Gasteiger charge is 2.22. The van der Waals surface area contributed by atoms with E-state index in [1.165, 1.54) is 18.4 Å². The Morgan fingerprint density at radius 2 is 2.05 bits per heavy atom. The van der Waals surface area contributed by atoms with Crippen LogP contribution in [0.2, 0.25) is 0 Å². The maximum atomic E-state index is 11.5. The minimum atomic E-state index is -0.976. The molecule has 1 atom stereocenters. The van der Waals surface area contributed by atoms with Gasteiger partial charge in [-0.1, -0.05) is 30.3 Å². The Hall–Kier alpha value is -2.41. The summed E-state index contributed by atoms with van der Waals surface area (Å²) in [5.41, 5.74) is 1.11. The van der Waals surface area contributed by atoms with E-state index in [0.29, 0.717) is 16.4 Å². The number of aliphatic carboxylic acids is 1. The number of carbonyl (C=O) groups is 2. The predicted octanol–water partition coefficient (Wildman–Crippen LogP) is 2.35. The molecule has 6 nitrogen and oxygen atoms in total. The van der Waals surface area contributed by atoms with Crippen molar-refractivity contribution in [2.75, 3.05) is 12.4 Å². The number of methoxy groups -OCH3 is 1. The minimum Gasteiger partial charge on any atom is -0.480 e.